The van der Waals surface area contributed by atoms with Crippen LogP contribution in [0, 0.1) is 18.3 Å². The molecule has 1 aromatic heterocycles. The lowest BCUT2D eigenvalue weighted by atomic mass is 10.2. The third-order valence-electron chi connectivity index (χ3n) is 4.18. The van der Waals surface area contributed by atoms with Crippen molar-refractivity contribution in [2.24, 2.45) is 0 Å². The van der Waals surface area contributed by atoms with Gasteiger partial charge in [-0.25, -0.2) is 0 Å². The van der Waals surface area contributed by atoms with Gasteiger partial charge in [-0.15, -0.1) is 0 Å². The van der Waals surface area contributed by atoms with E-state index in [1.807, 2.05) is 0 Å². The van der Waals surface area contributed by atoms with Crippen LogP contribution >= 0.6 is 11.8 Å². The van der Waals surface area contributed by atoms with Crippen molar-refractivity contribution in [2.75, 3.05) is 12.3 Å². The minimum Gasteiger partial charge on any atom is -0.484 e. The Morgan fingerprint density at radius 1 is 1.14 bits per heavy atom. The topological polar surface area (TPSA) is 75.3 Å². The summed E-state index contributed by atoms with van der Waals surface area (Å²) in [6.07, 6.45) is 0. The fourth-order valence-electron chi connectivity index (χ4n) is 2.61. The van der Waals surface area contributed by atoms with Gasteiger partial charge in [-0.1, -0.05) is 42.0 Å². The number of carbonyl (C=O) groups excluding carboxylic acids is 1. The van der Waals surface area contributed by atoms with E-state index in [4.69, 9.17) is 14.4 Å². The van der Waals surface area contributed by atoms with Gasteiger partial charge in [0.05, 0.1) is 5.56 Å². The molecule has 0 aliphatic heterocycles. The van der Waals surface area contributed by atoms with E-state index in [0.29, 0.717) is 23.6 Å². The Labute approximate surface area is 174 Å². The number of thioether (sulfide) groups is 1. The molecule has 0 aliphatic carbocycles. The number of nitrogens with one attached hydrogen (secondary N) is 1. The van der Waals surface area contributed by atoms with Crippen molar-refractivity contribution >= 4 is 17.7 Å². The molecule has 0 atom stereocenters. The smallest absolute Gasteiger partial charge is 0.287 e. The summed E-state index contributed by atoms with van der Waals surface area (Å²) in [6, 6.07) is 20.9. The Kier molecular flexibility index (Phi) is 7.37. The second-order valence-corrected chi connectivity index (χ2v) is 7.56. The van der Waals surface area contributed by atoms with E-state index in [2.05, 4.69) is 42.6 Å². The minimum absolute atomic E-state index is 0.151. The van der Waals surface area contributed by atoms with E-state index >= 15 is 0 Å². The lowest BCUT2D eigenvalue weighted by Gasteiger charge is -2.06. The summed E-state index contributed by atoms with van der Waals surface area (Å²) in [7, 11) is 0. The fraction of sp³-hybridized carbons (Fsp3) is 0.217. The number of amides is 1. The largest absolute Gasteiger partial charge is 0.484 e. The number of para-hydroxylation sites is 1. The zero-order valence-electron chi connectivity index (χ0n) is 16.2. The molecular weight excluding hydrogens is 384 g/mol. The first-order valence-corrected chi connectivity index (χ1v) is 10.4. The third kappa shape index (κ3) is 6.16. The van der Waals surface area contributed by atoms with Crippen molar-refractivity contribution in [1.82, 2.24) is 5.32 Å². The van der Waals surface area contributed by atoms with Gasteiger partial charge in [-0.3, -0.25) is 4.79 Å². The van der Waals surface area contributed by atoms with Crippen molar-refractivity contribution in [3.05, 3.63) is 88.9 Å². The van der Waals surface area contributed by atoms with Gasteiger partial charge in [0.25, 0.3) is 5.91 Å². The van der Waals surface area contributed by atoms with Crippen molar-refractivity contribution < 1.29 is 13.9 Å². The molecule has 3 rings (SSSR count). The molecule has 6 heteroatoms. The summed E-state index contributed by atoms with van der Waals surface area (Å²) >= 11 is 1.77. The molecule has 0 saturated heterocycles. The molecule has 1 N–H and O–H groups in total. The lowest BCUT2D eigenvalue weighted by molar-refractivity contribution is 0.0924. The molecule has 0 unspecified atom stereocenters. The fourth-order valence-corrected chi connectivity index (χ4v) is 3.43. The number of rotatable bonds is 9. The molecule has 2 aromatic carbocycles. The summed E-state index contributed by atoms with van der Waals surface area (Å²) in [5.74, 6) is 2.76. The number of hydrogen-bond donors (Lipinski definition) is 1. The third-order valence-corrected chi connectivity index (χ3v) is 5.21. The molecule has 0 spiro atoms. The standard InChI is InChI=1S/C23H22N2O3S/c1-17-6-8-18(9-7-17)16-29-13-12-25-23(26)22-11-10-20(28-22)15-27-21-5-3-2-4-19(21)14-24/h2-11H,12-13,15-16H2,1H3,(H,25,26). The first-order chi connectivity index (χ1) is 14.2. The Morgan fingerprint density at radius 2 is 1.93 bits per heavy atom. The predicted octanol–water partition coefficient (Wildman–Crippen LogP) is 4.70. The normalized spacial score (nSPS) is 10.3. The molecular formula is C23H22N2O3S. The molecule has 0 fully saturated rings. The molecule has 0 radical (unpaired) electrons. The van der Waals surface area contributed by atoms with Crippen LogP contribution < -0.4 is 10.1 Å². The van der Waals surface area contributed by atoms with Crippen LogP contribution in [0.25, 0.3) is 0 Å². The minimum atomic E-state index is -0.246. The van der Waals surface area contributed by atoms with Gasteiger partial charge < -0.3 is 14.5 Å². The molecule has 148 valence electrons. The maximum Gasteiger partial charge on any atom is 0.287 e. The second-order valence-electron chi connectivity index (χ2n) is 6.46. The predicted molar refractivity (Wildman–Crippen MR) is 114 cm³/mol. The van der Waals surface area contributed by atoms with Crippen LogP contribution in [0.15, 0.2) is 65.1 Å². The van der Waals surface area contributed by atoms with E-state index in [9.17, 15) is 4.79 Å². The number of nitrogens with zero attached hydrogens (tertiary/aromatic N) is 1. The summed E-state index contributed by atoms with van der Waals surface area (Å²) in [6.45, 7) is 2.79. The average Bonchev–Trinajstić information content (AvgIpc) is 3.22. The number of aryl methyl sites for hydroxylation is 1. The average molecular weight is 407 g/mol. The highest BCUT2D eigenvalue weighted by atomic mass is 32.2. The number of benzene rings is 2. The molecule has 0 aliphatic rings. The first kappa shape index (κ1) is 20.6. The molecule has 5 nitrogen and oxygen atoms in total. The molecule has 0 saturated carbocycles. The van der Waals surface area contributed by atoms with Crippen molar-refractivity contribution in [3.63, 3.8) is 0 Å². The van der Waals surface area contributed by atoms with Crippen LogP contribution in [-0.4, -0.2) is 18.2 Å². The van der Waals surface area contributed by atoms with Crippen LogP contribution in [0.1, 0.15) is 33.0 Å². The quantitative estimate of drug-likeness (QED) is 0.521. The zero-order valence-corrected chi connectivity index (χ0v) is 17.0. The van der Waals surface area contributed by atoms with Gasteiger partial charge in [-0.2, -0.15) is 17.0 Å². The number of furan rings is 1. The monoisotopic (exact) mass is 406 g/mol. The van der Waals surface area contributed by atoms with Gasteiger partial charge in [0.15, 0.2) is 5.76 Å². The highest BCUT2D eigenvalue weighted by molar-refractivity contribution is 7.98. The first-order valence-electron chi connectivity index (χ1n) is 9.28. The van der Waals surface area contributed by atoms with Gasteiger partial charge in [0, 0.05) is 18.1 Å². The van der Waals surface area contributed by atoms with Crippen molar-refractivity contribution in [1.29, 1.82) is 5.26 Å². The highest BCUT2D eigenvalue weighted by Crippen LogP contribution is 2.19. The van der Waals surface area contributed by atoms with Gasteiger partial charge in [0.2, 0.25) is 0 Å². The molecule has 1 heterocycles. The molecule has 0 bridgehead atoms. The van der Waals surface area contributed by atoms with E-state index in [0.717, 1.165) is 11.5 Å². The number of carbonyl (C=O) groups is 1. The summed E-state index contributed by atoms with van der Waals surface area (Å²) in [4.78, 5) is 12.2. The molecule has 29 heavy (non-hydrogen) atoms. The van der Waals surface area contributed by atoms with Crippen molar-refractivity contribution in [2.45, 2.75) is 19.3 Å². The van der Waals surface area contributed by atoms with Crippen LogP contribution in [0.3, 0.4) is 0 Å². The van der Waals surface area contributed by atoms with Crippen LogP contribution in [0.2, 0.25) is 0 Å². The lowest BCUT2D eigenvalue weighted by Crippen LogP contribution is -2.25. The van der Waals surface area contributed by atoms with E-state index in [-0.39, 0.29) is 18.3 Å². The Hall–Kier alpha value is -3.17. The number of ether oxygens (including phenoxy) is 1. The highest BCUT2D eigenvalue weighted by Gasteiger charge is 2.11. The zero-order chi connectivity index (χ0) is 20.5. The maximum absolute atomic E-state index is 12.2. The second kappa shape index (κ2) is 10.4. The Bertz CT molecular complexity index is 990. The van der Waals surface area contributed by atoms with Crippen LogP contribution in [0.5, 0.6) is 5.75 Å². The van der Waals surface area contributed by atoms with Gasteiger partial charge in [-0.05, 0) is 36.8 Å². The van der Waals surface area contributed by atoms with E-state index in [1.165, 1.54) is 11.1 Å². The van der Waals surface area contributed by atoms with Gasteiger partial charge >= 0.3 is 0 Å². The number of nitriles is 1. The van der Waals surface area contributed by atoms with Crippen LogP contribution in [0.4, 0.5) is 0 Å². The summed E-state index contributed by atoms with van der Waals surface area (Å²) in [5, 5.41) is 11.9. The summed E-state index contributed by atoms with van der Waals surface area (Å²) < 4.78 is 11.2. The van der Waals surface area contributed by atoms with Gasteiger partial charge in [0.1, 0.15) is 24.2 Å². The van der Waals surface area contributed by atoms with Crippen molar-refractivity contribution in [3.8, 4) is 11.8 Å². The SMILES string of the molecule is Cc1ccc(CSCCNC(=O)c2ccc(COc3ccccc3C#N)o2)cc1. The maximum atomic E-state index is 12.2. The molecule has 3 aromatic rings. The van der Waals surface area contributed by atoms with Crippen LogP contribution in [-0.2, 0) is 12.4 Å². The van der Waals surface area contributed by atoms with E-state index in [1.54, 1.807) is 48.2 Å². The summed E-state index contributed by atoms with van der Waals surface area (Å²) in [5.41, 5.74) is 2.99. The molecule has 1 amide bonds. The van der Waals surface area contributed by atoms with E-state index < -0.39 is 0 Å². The Balaban J connectivity index is 1.40. The number of hydrogen-bond acceptors (Lipinski definition) is 5. The Morgan fingerprint density at radius 3 is 2.72 bits per heavy atom.